The second kappa shape index (κ2) is 4.84. The van der Waals surface area contributed by atoms with Crippen LogP contribution >= 0.6 is 0 Å². The molecule has 0 saturated carbocycles. The third kappa shape index (κ3) is 2.87. The summed E-state index contributed by atoms with van der Waals surface area (Å²) in [5.41, 5.74) is -0.227. The van der Waals surface area contributed by atoms with E-state index in [9.17, 15) is 9.90 Å². The molecule has 0 bridgehead atoms. The van der Waals surface area contributed by atoms with Gasteiger partial charge in [-0.3, -0.25) is 0 Å². The Morgan fingerprint density at radius 2 is 2.15 bits per heavy atom. The molecule has 70 valence electrons. The summed E-state index contributed by atoms with van der Waals surface area (Å²) in [7, 11) is 0. The molecule has 0 unspecified atom stereocenters. The molecule has 3 N–H and O–H groups in total. The Labute approximate surface area is 108 Å². The molecule has 13 heavy (non-hydrogen) atoms. The monoisotopic (exact) mass is 310 g/mol. The van der Waals surface area contributed by atoms with Crippen LogP contribution in [0.1, 0.15) is 6.42 Å². The number of hydrogen-bond donors (Lipinski definition) is 3. The van der Waals surface area contributed by atoms with Gasteiger partial charge in [0, 0.05) is 47.3 Å². The SMILES string of the molecule is O=C(O)C1=CC([O-])=C(O)[C-](O)C1.[Ce]. The van der Waals surface area contributed by atoms with E-state index in [2.05, 4.69) is 0 Å². The van der Waals surface area contributed by atoms with Crippen LogP contribution in [-0.4, -0.2) is 21.3 Å². The average molecular weight is 310 g/mol. The summed E-state index contributed by atoms with van der Waals surface area (Å²) in [6, 6.07) is 0. The van der Waals surface area contributed by atoms with E-state index in [4.69, 9.17) is 15.3 Å². The van der Waals surface area contributed by atoms with Crippen LogP contribution in [-0.2, 0) is 4.79 Å². The number of aliphatic hydroxyl groups excluding tert-OH is 2. The Kier molecular flexibility index (Phi) is 4.75. The van der Waals surface area contributed by atoms with E-state index in [-0.39, 0.29) is 53.7 Å². The van der Waals surface area contributed by atoms with Crippen molar-refractivity contribution in [3.05, 3.63) is 29.3 Å². The van der Waals surface area contributed by atoms with Crippen LogP contribution in [0.4, 0.5) is 0 Å². The van der Waals surface area contributed by atoms with Crippen LogP contribution in [0, 0.1) is 47.9 Å². The quantitative estimate of drug-likeness (QED) is 0.563. The van der Waals surface area contributed by atoms with Gasteiger partial charge >= 0.3 is 5.97 Å². The Morgan fingerprint density at radius 1 is 1.62 bits per heavy atom. The van der Waals surface area contributed by atoms with Crippen LogP contribution in [0.15, 0.2) is 23.2 Å². The van der Waals surface area contributed by atoms with Crippen LogP contribution in [0.3, 0.4) is 0 Å². The fourth-order valence-electron chi connectivity index (χ4n) is 0.821. The van der Waals surface area contributed by atoms with E-state index in [1.54, 1.807) is 0 Å². The molecule has 1 rings (SSSR count). The van der Waals surface area contributed by atoms with Crippen molar-refractivity contribution in [2.45, 2.75) is 6.42 Å². The zero-order valence-electron chi connectivity index (χ0n) is 6.44. The maximum atomic E-state index is 10.7. The van der Waals surface area contributed by atoms with Crippen LogP contribution in [0.25, 0.3) is 0 Å². The van der Waals surface area contributed by atoms with E-state index in [1.165, 1.54) is 0 Å². The van der Waals surface area contributed by atoms with Crippen LogP contribution < -0.4 is 5.11 Å². The molecule has 0 aromatic carbocycles. The molecule has 0 aromatic heterocycles. The number of hydrogen-bond acceptors (Lipinski definition) is 4. The first kappa shape index (κ1) is 12.8. The largest absolute Gasteiger partial charge is 0.952 e. The molecule has 0 heterocycles. The Balaban J connectivity index is 0.00000144. The van der Waals surface area contributed by atoms with E-state index in [0.717, 1.165) is 6.08 Å². The first-order valence-electron chi connectivity index (χ1n) is 3.11. The normalized spacial score (nSPS) is 16.4. The van der Waals surface area contributed by atoms with Crippen molar-refractivity contribution < 1.29 is 67.0 Å². The molecule has 0 aliphatic heterocycles. The zero-order valence-corrected chi connectivity index (χ0v) is 9.58. The number of carboxylic acids is 1. The number of rotatable bonds is 1. The molecule has 6 heteroatoms. The second-order valence-corrected chi connectivity index (χ2v) is 2.31. The first-order valence-corrected chi connectivity index (χ1v) is 3.11. The first-order chi connectivity index (χ1) is 5.52. The smallest absolute Gasteiger partial charge is 0.328 e. The fraction of sp³-hybridized carbons (Fsp3) is 0.143. The molecular weight excluding hydrogens is 304 g/mol. The summed E-state index contributed by atoms with van der Waals surface area (Å²) >= 11 is 0. The molecular formula is C7H6CeO5-2. The number of aliphatic hydroxyl groups is 2. The summed E-state index contributed by atoms with van der Waals surface area (Å²) in [6.07, 6.45) is -0.121. The molecule has 0 atom stereocenters. The van der Waals surface area contributed by atoms with Crippen molar-refractivity contribution in [1.82, 2.24) is 0 Å². The van der Waals surface area contributed by atoms with E-state index in [0.29, 0.717) is 0 Å². The standard InChI is InChI=1S/C7H7O5.Ce/c8-4-1-3(7(11)12)2-5(9)6(4)10;/h1,8-10H,2H2,(H,11,12);/q-1;/p-1. The topological polar surface area (TPSA) is 101 Å². The minimum absolute atomic E-state index is 0. The van der Waals surface area contributed by atoms with Crippen molar-refractivity contribution in [2.75, 3.05) is 0 Å². The van der Waals surface area contributed by atoms with Crippen LogP contribution in [0.5, 0.6) is 0 Å². The molecule has 5 nitrogen and oxygen atoms in total. The van der Waals surface area contributed by atoms with Gasteiger partial charge in [-0.25, -0.2) is 10.6 Å². The maximum absolute atomic E-state index is 10.7. The molecule has 1 aliphatic rings. The summed E-state index contributed by atoms with van der Waals surface area (Å²) < 4.78 is 0. The minimum atomic E-state index is -1.28. The van der Waals surface area contributed by atoms with E-state index in [1.807, 2.05) is 0 Å². The van der Waals surface area contributed by atoms with Gasteiger partial charge in [-0.05, 0) is 12.2 Å². The van der Waals surface area contributed by atoms with Crippen molar-refractivity contribution in [3.8, 4) is 0 Å². The number of allylic oxidation sites excluding steroid dienone is 1. The minimum Gasteiger partial charge on any atom is -0.952 e. The number of aliphatic carboxylic acids is 1. The van der Waals surface area contributed by atoms with Crippen molar-refractivity contribution in [1.29, 1.82) is 0 Å². The van der Waals surface area contributed by atoms with Gasteiger partial charge in [-0.15, -0.1) is 6.08 Å². The molecule has 0 fully saturated rings. The van der Waals surface area contributed by atoms with Gasteiger partial charge in [0.25, 0.3) is 0 Å². The van der Waals surface area contributed by atoms with Gasteiger partial charge < -0.3 is 20.4 Å². The molecule has 0 spiro atoms. The van der Waals surface area contributed by atoms with E-state index < -0.39 is 23.6 Å². The van der Waals surface area contributed by atoms with Gasteiger partial charge in [-0.2, -0.15) is 0 Å². The Bertz CT molecular complexity index is 281. The fourth-order valence-corrected chi connectivity index (χ4v) is 0.821. The van der Waals surface area contributed by atoms with Gasteiger partial charge in [-0.1, -0.05) is 6.10 Å². The predicted molar refractivity (Wildman–Crippen MR) is 35.2 cm³/mol. The third-order valence-electron chi connectivity index (χ3n) is 1.44. The van der Waals surface area contributed by atoms with Crippen molar-refractivity contribution in [3.63, 3.8) is 0 Å². The predicted octanol–water partition coefficient (Wildman–Crippen LogP) is -0.565. The Hall–Kier alpha value is -0.243. The summed E-state index contributed by atoms with van der Waals surface area (Å²) in [4.78, 5) is 10.3. The summed E-state index contributed by atoms with van der Waals surface area (Å²) in [6.45, 7) is 0. The van der Waals surface area contributed by atoms with Gasteiger partial charge in [0.15, 0.2) is 0 Å². The van der Waals surface area contributed by atoms with E-state index >= 15 is 0 Å². The molecule has 0 saturated heterocycles. The Morgan fingerprint density at radius 3 is 2.54 bits per heavy atom. The zero-order chi connectivity index (χ0) is 9.30. The van der Waals surface area contributed by atoms with Gasteiger partial charge in [0.2, 0.25) is 0 Å². The number of carboxylic acid groups (broad SMARTS) is 1. The second-order valence-electron chi connectivity index (χ2n) is 2.31. The molecule has 0 radical (unpaired) electrons. The number of carbonyl (C=O) groups is 1. The summed E-state index contributed by atoms with van der Waals surface area (Å²) in [5.74, 6) is -2.93. The molecule has 1 aliphatic carbocycles. The molecule has 0 aromatic rings. The van der Waals surface area contributed by atoms with Crippen molar-refractivity contribution in [2.24, 2.45) is 0 Å². The van der Waals surface area contributed by atoms with Gasteiger partial charge in [0.1, 0.15) is 0 Å². The van der Waals surface area contributed by atoms with Crippen molar-refractivity contribution >= 4 is 5.97 Å². The average Bonchev–Trinajstić information content (AvgIpc) is 1.99. The molecule has 0 amide bonds. The van der Waals surface area contributed by atoms with Gasteiger partial charge in [0.05, 0.1) is 0 Å². The van der Waals surface area contributed by atoms with Crippen LogP contribution in [0.2, 0.25) is 0 Å². The maximum Gasteiger partial charge on any atom is 0.328 e. The third-order valence-corrected chi connectivity index (χ3v) is 1.44. The summed E-state index contributed by atoms with van der Waals surface area (Å²) in [5, 5.41) is 36.8.